The maximum Gasteiger partial charge on any atom is 0.177 e. The van der Waals surface area contributed by atoms with Crippen LogP contribution in [0.25, 0.3) is 66.4 Å². The molecule has 4 aromatic carbocycles. The molecular weight excluding hydrogens is 771 g/mol. The van der Waals surface area contributed by atoms with E-state index < -0.39 is 6.85 Å². The zero-order valence-corrected chi connectivity index (χ0v) is 30.1. The van der Waals surface area contributed by atoms with Crippen LogP contribution in [-0.4, -0.2) is 15.0 Å². The average molecular weight is 811 g/mol. The summed E-state index contributed by atoms with van der Waals surface area (Å²) >= 11 is 0. The fourth-order valence-corrected chi connectivity index (χ4v) is 5.71. The van der Waals surface area contributed by atoms with Crippen molar-refractivity contribution in [1.82, 2.24) is 15.0 Å². The maximum absolute atomic E-state index is 8.13. The van der Waals surface area contributed by atoms with Gasteiger partial charge in [-0.05, 0) is 34.5 Å². The van der Waals surface area contributed by atoms with E-state index in [-0.39, 0.29) is 36.5 Å². The number of pyridine rings is 1. The number of aromatic nitrogens is 3. The van der Waals surface area contributed by atoms with Crippen LogP contribution in [0, 0.1) is 19.0 Å². The van der Waals surface area contributed by atoms with Crippen LogP contribution in [0.4, 0.5) is 0 Å². The van der Waals surface area contributed by atoms with Crippen molar-refractivity contribution in [1.29, 1.82) is 0 Å². The molecule has 0 aliphatic carbocycles. The third-order valence-electron chi connectivity index (χ3n) is 8.37. The van der Waals surface area contributed by atoms with Gasteiger partial charge in [0.1, 0.15) is 11.9 Å². The molecule has 0 fully saturated rings. The minimum absolute atomic E-state index is 0. The monoisotopic (exact) mass is 811 g/mol. The molecule has 0 saturated carbocycles. The Hall–Kier alpha value is -4.64. The Morgan fingerprint density at radius 3 is 2.17 bits per heavy atom. The molecule has 5 nitrogen and oxygen atoms in total. The van der Waals surface area contributed by atoms with E-state index in [1.54, 1.807) is 0 Å². The number of furan rings is 2. The minimum Gasteiger partial charge on any atom is -0.497 e. The van der Waals surface area contributed by atoms with E-state index >= 15 is 0 Å². The summed E-state index contributed by atoms with van der Waals surface area (Å²) in [5.41, 5.74) is 7.82. The molecule has 4 aromatic heterocycles. The Morgan fingerprint density at radius 1 is 0.688 bits per heavy atom. The van der Waals surface area contributed by atoms with Gasteiger partial charge < -0.3 is 13.8 Å². The molecule has 4 heterocycles. The number of para-hydroxylation sites is 1. The number of rotatable bonds is 2. The fourth-order valence-electron chi connectivity index (χ4n) is 5.71. The quantitative estimate of drug-likeness (QED) is 0.163. The molecule has 0 unspecified atom stereocenters. The summed E-state index contributed by atoms with van der Waals surface area (Å²) in [6.07, 6.45) is 3.48. The van der Waals surface area contributed by atoms with Gasteiger partial charge in [0.05, 0.1) is 5.58 Å². The Bertz CT molecular complexity index is 2490. The summed E-state index contributed by atoms with van der Waals surface area (Å²) in [5, 5.41) is 3.11. The molecule has 0 spiro atoms. The van der Waals surface area contributed by atoms with E-state index in [1.807, 2.05) is 72.9 Å². The first-order chi connectivity index (χ1) is 23.7. The molecular formula is C42H37IrN3O2-2. The summed E-state index contributed by atoms with van der Waals surface area (Å²) < 4.78 is 37.0. The molecule has 0 saturated heterocycles. The first kappa shape index (κ1) is 29.5. The smallest absolute Gasteiger partial charge is 0.177 e. The molecule has 0 aliphatic heterocycles. The Balaban J connectivity index is 0.000000222. The van der Waals surface area contributed by atoms with Crippen molar-refractivity contribution in [2.45, 2.75) is 59.2 Å². The molecule has 243 valence electrons. The summed E-state index contributed by atoms with van der Waals surface area (Å²) in [6, 6.07) is 33.5. The maximum atomic E-state index is 8.13. The van der Waals surface area contributed by atoms with Gasteiger partial charge in [0.15, 0.2) is 11.2 Å². The number of hydrogen-bond donors (Lipinski definition) is 0. The van der Waals surface area contributed by atoms with E-state index in [9.17, 15) is 0 Å². The number of nitrogens with zero attached hydrogens (tertiary/aromatic N) is 3. The van der Waals surface area contributed by atoms with Crippen molar-refractivity contribution >= 4 is 43.9 Å². The Kier molecular flexibility index (Phi) is 7.84. The van der Waals surface area contributed by atoms with Gasteiger partial charge in [-0.2, -0.15) is 0 Å². The van der Waals surface area contributed by atoms with Gasteiger partial charge in [-0.25, -0.2) is 4.98 Å². The Labute approximate surface area is 299 Å². The second kappa shape index (κ2) is 12.8. The summed E-state index contributed by atoms with van der Waals surface area (Å²) in [4.78, 5) is 13.4. The average Bonchev–Trinajstić information content (AvgIpc) is 3.67. The van der Waals surface area contributed by atoms with Gasteiger partial charge >= 0.3 is 0 Å². The van der Waals surface area contributed by atoms with E-state index in [0.29, 0.717) is 38.8 Å². The van der Waals surface area contributed by atoms with Gasteiger partial charge in [0.2, 0.25) is 0 Å². The van der Waals surface area contributed by atoms with Gasteiger partial charge in [0.25, 0.3) is 0 Å². The van der Waals surface area contributed by atoms with E-state index in [1.165, 1.54) is 18.0 Å². The standard InChI is InChI=1S/C27H21N2O2.C15H16N.Ir/c1-15-9-10-18(20-13-22(27(2,3)4)29-14-28-20)24-23(15)19-12-11-17-16-7-5-6-8-21(16)30-25(17)26(19)31-24;1-15(2,3)13-9-10-14(16-11-13)12-7-5-4-6-8-12;/h5-9,11-14H,1-4H3;4-7,9-11H,1-3H3;/q2*-1;/i1D3;;. The minimum atomic E-state index is -2.34. The van der Waals surface area contributed by atoms with E-state index in [0.717, 1.165) is 33.3 Å². The van der Waals surface area contributed by atoms with Crippen LogP contribution in [0.15, 0.2) is 106 Å². The molecule has 8 rings (SSSR count). The van der Waals surface area contributed by atoms with E-state index in [2.05, 4.69) is 80.8 Å². The van der Waals surface area contributed by atoms with Crippen molar-refractivity contribution in [3.63, 3.8) is 0 Å². The first-order valence-electron chi connectivity index (χ1n) is 17.2. The molecule has 6 heteroatoms. The number of aryl methyl sites for hydroxylation is 1. The van der Waals surface area contributed by atoms with Gasteiger partial charge in [-0.3, -0.25) is 4.98 Å². The first-order valence-corrected chi connectivity index (χ1v) is 15.7. The molecule has 48 heavy (non-hydrogen) atoms. The SMILES string of the molecule is CC(C)(C)c1ccc(-c2[c-]cccc2)nc1.[2H]C([2H])([2H])c1c[c-]c(-c2cc(C(C)(C)C)ncn2)c2oc3c(ccc4c5ccccc5oc43)c12.[Ir]. The Morgan fingerprint density at radius 2 is 1.46 bits per heavy atom. The zero-order chi connectivity index (χ0) is 35.4. The van der Waals surface area contributed by atoms with E-state index in [4.69, 9.17) is 12.9 Å². The van der Waals surface area contributed by atoms with Crippen LogP contribution in [0.1, 0.15) is 62.5 Å². The molecule has 0 atom stereocenters. The summed E-state index contributed by atoms with van der Waals surface area (Å²) in [6.45, 7) is 10.5. The van der Waals surface area contributed by atoms with Crippen LogP contribution < -0.4 is 0 Å². The van der Waals surface area contributed by atoms with Gasteiger partial charge in [0, 0.05) is 57.7 Å². The molecule has 1 radical (unpaired) electrons. The second-order valence-electron chi connectivity index (χ2n) is 13.8. The second-order valence-corrected chi connectivity index (χ2v) is 13.8. The van der Waals surface area contributed by atoms with Crippen molar-refractivity contribution in [2.24, 2.45) is 0 Å². The van der Waals surface area contributed by atoms with Crippen molar-refractivity contribution in [2.75, 3.05) is 0 Å². The zero-order valence-electron chi connectivity index (χ0n) is 30.7. The third kappa shape index (κ3) is 6.19. The predicted octanol–water partition coefficient (Wildman–Crippen LogP) is 11.2. The topological polar surface area (TPSA) is 65.0 Å². The largest absolute Gasteiger partial charge is 0.497 e. The number of hydrogen-bond acceptors (Lipinski definition) is 5. The van der Waals surface area contributed by atoms with Crippen molar-refractivity contribution in [3.05, 3.63) is 126 Å². The van der Waals surface area contributed by atoms with Crippen LogP contribution >= 0.6 is 0 Å². The van der Waals surface area contributed by atoms with Crippen LogP contribution in [0.2, 0.25) is 0 Å². The third-order valence-corrected chi connectivity index (χ3v) is 8.37. The predicted molar refractivity (Wildman–Crippen MR) is 192 cm³/mol. The molecule has 0 amide bonds. The van der Waals surface area contributed by atoms with Crippen LogP contribution in [0.3, 0.4) is 0 Å². The molecule has 0 aliphatic rings. The summed E-state index contributed by atoms with van der Waals surface area (Å²) in [7, 11) is 0. The molecule has 0 N–H and O–H groups in total. The normalized spacial score (nSPS) is 13.1. The van der Waals surface area contributed by atoms with Crippen LogP contribution in [-0.2, 0) is 30.9 Å². The summed E-state index contributed by atoms with van der Waals surface area (Å²) in [5.74, 6) is 0. The fraction of sp³-hybridized carbons (Fsp3) is 0.214. The number of fused-ring (bicyclic) bond motifs is 7. The molecule has 0 bridgehead atoms. The van der Waals surface area contributed by atoms with Gasteiger partial charge in [-0.1, -0.05) is 102 Å². The van der Waals surface area contributed by atoms with Crippen molar-refractivity contribution in [3.8, 4) is 22.5 Å². The van der Waals surface area contributed by atoms with Crippen molar-refractivity contribution < 1.29 is 33.1 Å². The van der Waals surface area contributed by atoms with Crippen LogP contribution in [0.5, 0.6) is 0 Å². The number of benzene rings is 4. The molecule has 8 aromatic rings. The van der Waals surface area contributed by atoms with Gasteiger partial charge in [-0.15, -0.1) is 53.6 Å².